The van der Waals surface area contributed by atoms with Crippen LogP contribution in [0.4, 0.5) is 0 Å². The fourth-order valence-corrected chi connectivity index (χ4v) is 5.23. The summed E-state index contributed by atoms with van der Waals surface area (Å²) < 4.78 is 34.1. The number of piperidine rings is 1. The summed E-state index contributed by atoms with van der Waals surface area (Å²) in [5.41, 5.74) is 5.34. The summed E-state index contributed by atoms with van der Waals surface area (Å²) in [7, 11) is -3.60. The van der Waals surface area contributed by atoms with Crippen molar-refractivity contribution in [1.82, 2.24) is 8.61 Å². The Labute approximate surface area is 130 Å². The molecule has 8 heteroatoms. The number of furan rings is 1. The highest BCUT2D eigenvalue weighted by molar-refractivity contribution is 7.86. The van der Waals surface area contributed by atoms with E-state index in [9.17, 15) is 13.2 Å². The molecule has 2 saturated heterocycles. The molecule has 2 unspecified atom stereocenters. The van der Waals surface area contributed by atoms with Crippen LogP contribution in [0.3, 0.4) is 0 Å². The molecule has 2 aliphatic heterocycles. The second-order valence-electron chi connectivity index (χ2n) is 5.89. The number of hydrogen-bond acceptors (Lipinski definition) is 4. The average molecular weight is 327 g/mol. The van der Waals surface area contributed by atoms with Gasteiger partial charge in [0.05, 0.1) is 18.2 Å². The Hall–Kier alpha value is -1.38. The van der Waals surface area contributed by atoms with Crippen LogP contribution in [-0.2, 0) is 15.0 Å². The van der Waals surface area contributed by atoms with Gasteiger partial charge in [0.2, 0.25) is 5.91 Å². The van der Waals surface area contributed by atoms with Crippen molar-refractivity contribution >= 4 is 16.1 Å². The molecule has 2 fully saturated rings. The van der Waals surface area contributed by atoms with Gasteiger partial charge in [-0.15, -0.1) is 0 Å². The minimum atomic E-state index is -3.60. The number of nitrogens with two attached hydrogens (primary N) is 1. The van der Waals surface area contributed by atoms with Crippen molar-refractivity contribution in [2.24, 2.45) is 11.7 Å². The second kappa shape index (κ2) is 6.02. The summed E-state index contributed by atoms with van der Waals surface area (Å²) in [5, 5.41) is 0. The van der Waals surface area contributed by atoms with Crippen LogP contribution in [0.2, 0.25) is 0 Å². The number of carbonyl (C=O) groups is 1. The Morgan fingerprint density at radius 2 is 2.05 bits per heavy atom. The summed E-state index contributed by atoms with van der Waals surface area (Å²) in [5.74, 6) is -0.151. The van der Waals surface area contributed by atoms with Crippen molar-refractivity contribution in [3.63, 3.8) is 0 Å². The van der Waals surface area contributed by atoms with Crippen LogP contribution in [0, 0.1) is 5.92 Å². The number of carbonyl (C=O) groups excluding carboxylic acids is 1. The number of nitrogens with zero attached hydrogens (tertiary/aromatic N) is 2. The highest BCUT2D eigenvalue weighted by atomic mass is 32.2. The SMILES string of the molecule is NC(=O)C1CCCN(S(=O)(=O)N2CCCC2c2ccco2)C1. The topological polar surface area (TPSA) is 96.8 Å². The molecule has 0 aliphatic carbocycles. The lowest BCUT2D eigenvalue weighted by atomic mass is 9.99. The van der Waals surface area contributed by atoms with Gasteiger partial charge in [-0.3, -0.25) is 4.79 Å². The van der Waals surface area contributed by atoms with Gasteiger partial charge in [-0.1, -0.05) is 0 Å². The Morgan fingerprint density at radius 3 is 2.73 bits per heavy atom. The van der Waals surface area contributed by atoms with Crippen LogP contribution in [0.15, 0.2) is 22.8 Å². The average Bonchev–Trinajstić information content (AvgIpc) is 3.18. The first-order valence-corrected chi connectivity index (χ1v) is 8.99. The number of primary amides is 1. The van der Waals surface area contributed by atoms with Crippen LogP contribution >= 0.6 is 0 Å². The Bertz CT molecular complexity index is 629. The van der Waals surface area contributed by atoms with Gasteiger partial charge in [-0.25, -0.2) is 0 Å². The van der Waals surface area contributed by atoms with E-state index in [-0.39, 0.29) is 12.6 Å². The van der Waals surface area contributed by atoms with Gasteiger partial charge in [-0.05, 0) is 37.8 Å². The van der Waals surface area contributed by atoms with Crippen LogP contribution in [-0.4, -0.2) is 42.6 Å². The molecule has 22 heavy (non-hydrogen) atoms. The molecule has 122 valence electrons. The Kier molecular flexibility index (Phi) is 4.24. The molecule has 2 N–H and O–H groups in total. The van der Waals surface area contributed by atoms with Crippen molar-refractivity contribution in [3.8, 4) is 0 Å². The molecule has 0 aromatic carbocycles. The summed E-state index contributed by atoms with van der Waals surface area (Å²) in [6, 6.07) is 3.32. The molecular weight excluding hydrogens is 306 g/mol. The van der Waals surface area contributed by atoms with E-state index in [1.165, 1.54) is 8.61 Å². The lowest BCUT2D eigenvalue weighted by Gasteiger charge is -2.34. The fraction of sp³-hybridized carbons (Fsp3) is 0.643. The number of amides is 1. The quantitative estimate of drug-likeness (QED) is 0.887. The molecule has 0 saturated carbocycles. The van der Waals surface area contributed by atoms with Gasteiger partial charge in [0.15, 0.2) is 0 Å². The molecule has 1 aromatic rings. The van der Waals surface area contributed by atoms with E-state index in [1.807, 2.05) is 0 Å². The molecule has 0 spiro atoms. The van der Waals surface area contributed by atoms with Crippen LogP contribution in [0.1, 0.15) is 37.5 Å². The third-order valence-electron chi connectivity index (χ3n) is 4.48. The van der Waals surface area contributed by atoms with E-state index < -0.39 is 22.0 Å². The van der Waals surface area contributed by atoms with Crippen molar-refractivity contribution in [2.75, 3.05) is 19.6 Å². The zero-order chi connectivity index (χ0) is 15.7. The monoisotopic (exact) mass is 327 g/mol. The van der Waals surface area contributed by atoms with Crippen LogP contribution in [0.5, 0.6) is 0 Å². The maximum absolute atomic E-state index is 12.9. The van der Waals surface area contributed by atoms with Gasteiger partial charge < -0.3 is 10.2 Å². The van der Waals surface area contributed by atoms with Crippen LogP contribution in [0.25, 0.3) is 0 Å². The first-order chi connectivity index (χ1) is 10.5. The van der Waals surface area contributed by atoms with Crippen molar-refractivity contribution < 1.29 is 17.6 Å². The molecule has 7 nitrogen and oxygen atoms in total. The number of hydrogen-bond donors (Lipinski definition) is 1. The lowest BCUT2D eigenvalue weighted by Crippen LogP contribution is -2.49. The zero-order valence-electron chi connectivity index (χ0n) is 12.3. The molecule has 2 atom stereocenters. The molecule has 1 amide bonds. The van der Waals surface area contributed by atoms with Crippen molar-refractivity contribution in [1.29, 1.82) is 0 Å². The summed E-state index contributed by atoms with van der Waals surface area (Å²) in [6.45, 7) is 1.10. The van der Waals surface area contributed by atoms with Gasteiger partial charge in [0.25, 0.3) is 10.2 Å². The van der Waals surface area contributed by atoms with Crippen molar-refractivity contribution in [3.05, 3.63) is 24.2 Å². The van der Waals surface area contributed by atoms with E-state index >= 15 is 0 Å². The summed E-state index contributed by atoms with van der Waals surface area (Å²) >= 11 is 0. The molecule has 0 radical (unpaired) electrons. The zero-order valence-corrected chi connectivity index (χ0v) is 13.2. The maximum atomic E-state index is 12.9. The van der Waals surface area contributed by atoms with E-state index in [4.69, 9.17) is 10.2 Å². The predicted octanol–water partition coefficient (Wildman–Crippen LogP) is 0.859. The van der Waals surface area contributed by atoms with E-state index in [0.29, 0.717) is 31.7 Å². The van der Waals surface area contributed by atoms with Gasteiger partial charge in [0.1, 0.15) is 5.76 Å². The Balaban J connectivity index is 1.81. The molecule has 1 aromatic heterocycles. The second-order valence-corrected chi connectivity index (χ2v) is 7.77. The van der Waals surface area contributed by atoms with Gasteiger partial charge >= 0.3 is 0 Å². The standard InChI is InChI=1S/C14H21N3O4S/c15-14(18)11-4-1-7-16(10-11)22(19,20)17-8-2-5-12(17)13-6-3-9-21-13/h3,6,9,11-12H,1-2,4-5,7-8,10H2,(H2,15,18). The molecule has 3 heterocycles. The van der Waals surface area contributed by atoms with E-state index in [1.54, 1.807) is 18.4 Å². The van der Waals surface area contributed by atoms with Crippen molar-refractivity contribution in [2.45, 2.75) is 31.7 Å². The largest absolute Gasteiger partial charge is 0.468 e. The minimum absolute atomic E-state index is 0.180. The third-order valence-corrected chi connectivity index (χ3v) is 6.50. The van der Waals surface area contributed by atoms with E-state index in [0.717, 1.165) is 12.8 Å². The summed E-state index contributed by atoms with van der Waals surface area (Å²) in [4.78, 5) is 11.4. The molecule has 0 bridgehead atoms. The first kappa shape index (κ1) is 15.5. The van der Waals surface area contributed by atoms with E-state index in [2.05, 4.69) is 0 Å². The number of rotatable bonds is 4. The molecule has 2 aliphatic rings. The lowest BCUT2D eigenvalue weighted by molar-refractivity contribution is -0.122. The fourth-order valence-electron chi connectivity index (χ4n) is 3.31. The van der Waals surface area contributed by atoms with Crippen LogP contribution < -0.4 is 5.73 Å². The summed E-state index contributed by atoms with van der Waals surface area (Å²) in [6.07, 6.45) is 4.43. The first-order valence-electron chi connectivity index (χ1n) is 7.60. The third kappa shape index (κ3) is 2.78. The normalized spacial score (nSPS) is 28.0. The predicted molar refractivity (Wildman–Crippen MR) is 79.8 cm³/mol. The Morgan fingerprint density at radius 1 is 1.27 bits per heavy atom. The smallest absolute Gasteiger partial charge is 0.282 e. The minimum Gasteiger partial charge on any atom is -0.468 e. The van der Waals surface area contributed by atoms with Gasteiger partial charge in [-0.2, -0.15) is 17.0 Å². The molecule has 3 rings (SSSR count). The maximum Gasteiger partial charge on any atom is 0.282 e. The highest BCUT2D eigenvalue weighted by Crippen LogP contribution is 2.36. The molecular formula is C14H21N3O4S. The highest BCUT2D eigenvalue weighted by Gasteiger charge is 2.42. The van der Waals surface area contributed by atoms with Gasteiger partial charge in [0, 0.05) is 19.6 Å².